The van der Waals surface area contributed by atoms with Crippen LogP contribution in [0.4, 0.5) is 37.7 Å². The molecular weight excluding hydrogens is 785 g/mol. The van der Waals surface area contributed by atoms with Gasteiger partial charge in [-0.3, -0.25) is 9.11 Å². The van der Waals surface area contributed by atoms with Gasteiger partial charge in [0.25, 0.3) is 26.1 Å². The van der Waals surface area contributed by atoms with Gasteiger partial charge in [0.15, 0.2) is 11.0 Å². The summed E-state index contributed by atoms with van der Waals surface area (Å²) in [4.78, 5) is 3.17. The van der Waals surface area contributed by atoms with Crippen LogP contribution in [0.5, 0.6) is 0 Å². The number of hydrogen-bond donors (Lipinski definition) is 2. The topological polar surface area (TPSA) is 124 Å². The molecule has 2 aromatic carbocycles. The number of nitrogens with zero attached hydrogens (tertiary/aromatic N) is 4. The molecule has 0 saturated carbocycles. The zero-order valence-corrected chi connectivity index (χ0v) is 31.1. The van der Waals surface area contributed by atoms with Crippen LogP contribution in [0.25, 0.3) is 17.1 Å². The summed E-state index contributed by atoms with van der Waals surface area (Å²) in [5, 5.41) is -1.06. The van der Waals surface area contributed by atoms with Gasteiger partial charge in [-0.15, -0.1) is 0 Å². The Bertz CT molecular complexity index is 2170. The molecule has 4 rings (SSSR count). The number of allylic oxidation sites excluding steroid dienone is 4. The van der Waals surface area contributed by atoms with Crippen molar-refractivity contribution in [3.8, 4) is 0 Å². The minimum Gasteiger partial charge on any atom is -0.326 e. The predicted octanol–water partition coefficient (Wildman–Crippen LogP) is 8.00. The molecule has 0 spiro atoms. The van der Waals surface area contributed by atoms with Gasteiger partial charge in [-0.1, -0.05) is 40.9 Å². The Morgan fingerprint density at radius 2 is 1.38 bits per heavy atom. The minimum atomic E-state index is -4.78. The van der Waals surface area contributed by atoms with E-state index in [1.54, 1.807) is 54.5 Å². The number of alkyl halides is 6. The Balaban J connectivity index is 1.81. The van der Waals surface area contributed by atoms with E-state index in [1.807, 2.05) is 0 Å². The second-order valence-corrected chi connectivity index (χ2v) is 15.8. The average molecular weight is 821 g/mol. The molecule has 1 aromatic heterocycles. The maximum Gasteiger partial charge on any atom is 0.418 e. The Morgan fingerprint density at radius 1 is 0.827 bits per heavy atom. The highest BCUT2D eigenvalue weighted by Gasteiger charge is 2.39. The third-order valence-corrected chi connectivity index (χ3v) is 10.4. The molecule has 0 unspecified atom stereocenters. The van der Waals surface area contributed by atoms with Crippen molar-refractivity contribution in [2.24, 2.45) is 0 Å². The van der Waals surface area contributed by atoms with E-state index in [2.05, 4.69) is 0 Å². The second kappa shape index (κ2) is 15.6. The Kier molecular flexibility index (Phi) is 12.4. The van der Waals surface area contributed by atoms with Crippen molar-refractivity contribution in [1.29, 1.82) is 0 Å². The third-order valence-electron chi connectivity index (χ3n) is 8.20. The zero-order chi connectivity index (χ0) is 39.0. The van der Waals surface area contributed by atoms with Crippen molar-refractivity contribution in [1.82, 2.24) is 4.57 Å². The molecule has 0 saturated heterocycles. The summed E-state index contributed by atoms with van der Waals surface area (Å²) in [5.41, 5.74) is -0.670. The van der Waals surface area contributed by atoms with Crippen molar-refractivity contribution in [2.75, 3.05) is 34.4 Å². The number of anilines is 2. The fraction of sp³-hybridized carbons (Fsp3) is 0.406. The van der Waals surface area contributed by atoms with Gasteiger partial charge in [0.1, 0.15) is 5.82 Å². The summed E-state index contributed by atoms with van der Waals surface area (Å²) in [5.74, 6) is -0.511. The van der Waals surface area contributed by atoms with Crippen LogP contribution in [-0.4, -0.2) is 55.1 Å². The Labute approximate surface area is 306 Å². The molecule has 0 aliphatic carbocycles. The molecule has 0 radical (unpaired) electrons. The lowest BCUT2D eigenvalue weighted by Crippen LogP contribution is -2.37. The van der Waals surface area contributed by atoms with Crippen molar-refractivity contribution in [2.45, 2.75) is 59.1 Å². The van der Waals surface area contributed by atoms with Gasteiger partial charge in [0.2, 0.25) is 0 Å². The van der Waals surface area contributed by atoms with Crippen LogP contribution in [0.3, 0.4) is 0 Å². The number of imidazole rings is 1. The number of rotatable bonds is 13. The molecule has 2 N–H and O–H groups in total. The summed E-state index contributed by atoms with van der Waals surface area (Å²) in [7, 11) is -8.73. The largest absolute Gasteiger partial charge is 0.418 e. The second-order valence-electron chi connectivity index (χ2n) is 11.8. The number of aromatic nitrogens is 2. The molecule has 286 valence electrons. The van der Waals surface area contributed by atoms with E-state index in [4.69, 9.17) is 23.2 Å². The van der Waals surface area contributed by atoms with Crippen LogP contribution >= 0.6 is 23.2 Å². The highest BCUT2D eigenvalue weighted by Crippen LogP contribution is 2.48. The lowest BCUT2D eigenvalue weighted by molar-refractivity contribution is -0.673. The standard InChI is InChI=1S/C32H34Cl2F6N4O6S2/c1-4-41-27-18-23(33)21(31(35,36)37)16-25(27)43(12-6-14-51(45,46)47)29(41)10-8-20(3)9-11-30-42(5-2)28-19-24(34)22(32(38,39)40)17-26(28)44(30)13-7-15-52(48,49)50/h8-11,16-19H,4-7,12-15H2,1-3H3,(H-,45,46,47,48,49,50)/p+1. The fourth-order valence-corrected chi connectivity index (χ4v) is 7.48. The van der Waals surface area contributed by atoms with E-state index in [-0.39, 0.29) is 50.2 Å². The molecule has 10 nitrogen and oxygen atoms in total. The molecule has 0 atom stereocenters. The normalized spacial score (nSPS) is 15.6. The van der Waals surface area contributed by atoms with Crippen LogP contribution in [0.15, 0.2) is 53.9 Å². The molecule has 1 aliphatic heterocycles. The summed E-state index contributed by atoms with van der Waals surface area (Å²) in [6, 6.07) is 4.12. The Hall–Kier alpha value is -3.29. The van der Waals surface area contributed by atoms with E-state index in [0.717, 1.165) is 12.1 Å². The fourth-order valence-electron chi connectivity index (χ4n) is 5.96. The van der Waals surface area contributed by atoms with Gasteiger partial charge < -0.3 is 9.80 Å². The first-order chi connectivity index (χ1) is 24.0. The molecule has 3 aromatic rings. The van der Waals surface area contributed by atoms with Crippen LogP contribution in [0, 0.1) is 0 Å². The summed E-state index contributed by atoms with van der Waals surface area (Å²) in [6.45, 7) is 5.58. The molecule has 2 heterocycles. The molecule has 1 aliphatic rings. The molecule has 20 heteroatoms. The SMILES string of the molecule is CCN1\C(=C/C=C(C)/C=C/c2n(CC)c3cc(Cl)c(C(F)(F)F)cc3[n+]2CCCS(=O)(=O)O)N(CCCS(=O)(=O)O)c2cc(C(F)(F)F)c(Cl)cc21. The zero-order valence-electron chi connectivity index (χ0n) is 27.9. The van der Waals surface area contributed by atoms with Crippen molar-refractivity contribution >= 4 is 71.9 Å². The maximum atomic E-state index is 13.8. The molecule has 0 amide bonds. The van der Waals surface area contributed by atoms with Gasteiger partial charge in [-0.2, -0.15) is 43.2 Å². The van der Waals surface area contributed by atoms with Gasteiger partial charge in [-0.25, -0.2) is 9.13 Å². The number of hydrogen-bond acceptors (Lipinski definition) is 6. The van der Waals surface area contributed by atoms with Gasteiger partial charge in [0.05, 0.1) is 57.1 Å². The van der Waals surface area contributed by atoms with Crippen LogP contribution in [0.1, 0.15) is 50.6 Å². The van der Waals surface area contributed by atoms with Gasteiger partial charge >= 0.3 is 12.4 Å². The lowest BCUT2D eigenvalue weighted by atomic mass is 10.1. The third kappa shape index (κ3) is 9.62. The van der Waals surface area contributed by atoms with Crippen LogP contribution in [-0.2, 0) is 45.7 Å². The number of aryl methyl sites for hydroxylation is 2. The van der Waals surface area contributed by atoms with Gasteiger partial charge in [-0.05, 0) is 45.4 Å². The first-order valence-electron chi connectivity index (χ1n) is 15.7. The van der Waals surface area contributed by atoms with E-state index >= 15 is 0 Å². The van der Waals surface area contributed by atoms with E-state index < -0.39 is 65.3 Å². The highest BCUT2D eigenvalue weighted by molar-refractivity contribution is 7.86. The number of benzene rings is 2. The quantitative estimate of drug-likeness (QED) is 0.0770. The van der Waals surface area contributed by atoms with Crippen molar-refractivity contribution in [3.05, 3.63) is 80.9 Å². The minimum absolute atomic E-state index is 0.0839. The predicted molar refractivity (Wildman–Crippen MR) is 188 cm³/mol. The number of halogens is 8. The molecular formula is C32H35Cl2F6N4O6S2+. The van der Waals surface area contributed by atoms with E-state index in [9.17, 15) is 52.3 Å². The monoisotopic (exact) mass is 819 g/mol. The van der Waals surface area contributed by atoms with Gasteiger partial charge in [0, 0.05) is 37.7 Å². The van der Waals surface area contributed by atoms with Crippen molar-refractivity contribution < 1.29 is 56.9 Å². The molecule has 52 heavy (non-hydrogen) atoms. The highest BCUT2D eigenvalue weighted by atomic mass is 35.5. The lowest BCUT2D eigenvalue weighted by Gasteiger charge is -2.24. The Morgan fingerprint density at radius 3 is 1.94 bits per heavy atom. The summed E-state index contributed by atoms with van der Waals surface area (Å²) >= 11 is 12.1. The van der Waals surface area contributed by atoms with E-state index in [0.29, 0.717) is 28.4 Å². The van der Waals surface area contributed by atoms with E-state index in [1.165, 1.54) is 21.6 Å². The summed E-state index contributed by atoms with van der Waals surface area (Å²) in [6.07, 6.45) is -3.35. The van der Waals surface area contributed by atoms with Crippen molar-refractivity contribution in [3.63, 3.8) is 0 Å². The average Bonchev–Trinajstić information content (AvgIpc) is 3.45. The maximum absolute atomic E-state index is 13.8. The molecule has 0 fully saturated rings. The first-order valence-corrected chi connectivity index (χ1v) is 19.7. The van der Waals surface area contributed by atoms with Crippen LogP contribution < -0.4 is 14.4 Å². The summed E-state index contributed by atoms with van der Waals surface area (Å²) < 4.78 is 150. The first kappa shape index (κ1) is 41.5. The van der Waals surface area contributed by atoms with Crippen LogP contribution in [0.2, 0.25) is 10.0 Å². The number of fused-ring (bicyclic) bond motifs is 2. The molecule has 0 bridgehead atoms. The smallest absolute Gasteiger partial charge is 0.326 e.